The lowest BCUT2D eigenvalue weighted by Crippen LogP contribution is -2.26. The summed E-state index contributed by atoms with van der Waals surface area (Å²) in [7, 11) is 0. The smallest absolute Gasteiger partial charge is 0.308 e. The number of hydrogen-bond donors (Lipinski definition) is 0. The summed E-state index contributed by atoms with van der Waals surface area (Å²) in [6, 6.07) is 6.85. The Hall–Kier alpha value is -2.81. The number of hydrogen-bond acceptors (Lipinski definition) is 8. The fraction of sp³-hybridized carbons (Fsp3) is 0.267. The molecule has 0 unspecified atom stereocenters. The van der Waals surface area contributed by atoms with Crippen LogP contribution in [-0.4, -0.2) is 32.4 Å². The van der Waals surface area contributed by atoms with Gasteiger partial charge in [0.15, 0.2) is 0 Å². The van der Waals surface area contributed by atoms with Gasteiger partial charge >= 0.3 is 5.97 Å². The van der Waals surface area contributed by atoms with Crippen molar-refractivity contribution >= 4 is 29.3 Å². The van der Waals surface area contributed by atoms with Gasteiger partial charge in [0.05, 0.1) is 11.3 Å². The van der Waals surface area contributed by atoms with Gasteiger partial charge in [0.1, 0.15) is 10.6 Å². The normalized spacial score (nSPS) is 16.5. The second kappa shape index (κ2) is 6.36. The second-order valence-corrected chi connectivity index (χ2v) is 5.81. The zero-order chi connectivity index (χ0) is 17.3. The summed E-state index contributed by atoms with van der Waals surface area (Å²) in [4.78, 5) is 23.9. The molecule has 1 aliphatic rings. The lowest BCUT2D eigenvalue weighted by Gasteiger charge is -2.21. The van der Waals surface area contributed by atoms with E-state index in [1.165, 1.54) is 18.9 Å². The van der Waals surface area contributed by atoms with Crippen LogP contribution in [0.25, 0.3) is 0 Å². The average Bonchev–Trinajstić information content (AvgIpc) is 3.13. The second-order valence-electron chi connectivity index (χ2n) is 5.06. The van der Waals surface area contributed by atoms with E-state index >= 15 is 0 Å². The van der Waals surface area contributed by atoms with Gasteiger partial charge in [-0.3, -0.25) is 9.59 Å². The Kier molecular flexibility index (Phi) is 4.26. The Balaban J connectivity index is 1.99. The van der Waals surface area contributed by atoms with Crippen molar-refractivity contribution in [3.63, 3.8) is 0 Å². The van der Waals surface area contributed by atoms with Gasteiger partial charge in [-0.2, -0.15) is 5.01 Å². The molecule has 1 aromatic heterocycles. The number of amides is 1. The van der Waals surface area contributed by atoms with Gasteiger partial charge in [0.2, 0.25) is 12.1 Å². The van der Waals surface area contributed by atoms with Crippen molar-refractivity contribution in [1.29, 1.82) is 0 Å². The first-order chi connectivity index (χ1) is 11.5. The maximum absolute atomic E-state index is 12.0. The number of nitrogens with zero attached hydrogens (tertiary/aromatic N) is 4. The Labute approximate surface area is 141 Å². The molecule has 1 aliphatic heterocycles. The number of rotatable bonds is 3. The fourth-order valence-corrected chi connectivity index (χ4v) is 2.80. The third-order valence-corrected chi connectivity index (χ3v) is 4.07. The molecule has 0 fully saturated rings. The molecule has 0 N–H and O–H groups in total. The topological polar surface area (TPSA) is 94.0 Å². The predicted molar refractivity (Wildman–Crippen MR) is 85.3 cm³/mol. The first-order valence-corrected chi connectivity index (χ1v) is 7.86. The van der Waals surface area contributed by atoms with Gasteiger partial charge < -0.3 is 9.47 Å². The number of aromatic nitrogens is 2. The molecule has 2 heterocycles. The van der Waals surface area contributed by atoms with Gasteiger partial charge in [0, 0.05) is 13.8 Å². The average molecular weight is 346 g/mol. The standard InChI is InChI=1S/C15H14N4O4S/c1-8-13(24-18-16-8)14-17-19(9(2)20)15(23-14)11-6-4-5-7-12(11)22-10(3)21/h4-7,15H,1-3H3/t15-/m1/s1. The van der Waals surface area contributed by atoms with Crippen molar-refractivity contribution < 1.29 is 19.1 Å². The van der Waals surface area contributed by atoms with Crippen molar-refractivity contribution in [3.05, 3.63) is 40.4 Å². The molecule has 2 aromatic rings. The fourth-order valence-electron chi connectivity index (χ4n) is 2.22. The molecular weight excluding hydrogens is 332 g/mol. The van der Waals surface area contributed by atoms with E-state index in [4.69, 9.17) is 9.47 Å². The Bertz CT molecular complexity index is 832. The van der Waals surface area contributed by atoms with E-state index < -0.39 is 12.2 Å². The van der Waals surface area contributed by atoms with Crippen LogP contribution in [0, 0.1) is 6.92 Å². The largest absolute Gasteiger partial charge is 0.445 e. The Morgan fingerprint density at radius 3 is 2.67 bits per heavy atom. The zero-order valence-electron chi connectivity index (χ0n) is 13.2. The van der Waals surface area contributed by atoms with Crippen LogP contribution in [0.15, 0.2) is 29.4 Å². The van der Waals surface area contributed by atoms with Crippen LogP contribution in [0.5, 0.6) is 5.75 Å². The minimum absolute atomic E-state index is 0.264. The molecule has 0 saturated heterocycles. The Morgan fingerprint density at radius 1 is 1.29 bits per heavy atom. The van der Waals surface area contributed by atoms with Crippen molar-refractivity contribution in [3.8, 4) is 5.75 Å². The molecule has 1 amide bonds. The van der Waals surface area contributed by atoms with E-state index in [1.807, 2.05) is 0 Å². The summed E-state index contributed by atoms with van der Waals surface area (Å²) in [5, 5.41) is 9.36. The van der Waals surface area contributed by atoms with Crippen molar-refractivity contribution in [2.45, 2.75) is 27.0 Å². The van der Waals surface area contributed by atoms with Crippen LogP contribution in [0.3, 0.4) is 0 Å². The lowest BCUT2D eigenvalue weighted by molar-refractivity contribution is -0.135. The van der Waals surface area contributed by atoms with E-state index in [1.54, 1.807) is 31.2 Å². The molecule has 124 valence electrons. The summed E-state index contributed by atoms with van der Waals surface area (Å²) < 4.78 is 14.9. The molecular formula is C15H14N4O4S. The van der Waals surface area contributed by atoms with E-state index in [0.717, 1.165) is 11.5 Å². The van der Waals surface area contributed by atoms with E-state index in [0.29, 0.717) is 21.9 Å². The summed E-state index contributed by atoms with van der Waals surface area (Å²) in [5.41, 5.74) is 1.19. The first kappa shape index (κ1) is 16.1. The predicted octanol–water partition coefficient (Wildman–Crippen LogP) is 2.01. The summed E-state index contributed by atoms with van der Waals surface area (Å²) >= 11 is 1.13. The molecule has 1 atom stereocenters. The highest BCUT2D eigenvalue weighted by Gasteiger charge is 2.36. The highest BCUT2D eigenvalue weighted by molar-refractivity contribution is 7.08. The quantitative estimate of drug-likeness (QED) is 0.623. The van der Waals surface area contributed by atoms with Crippen LogP contribution in [0.2, 0.25) is 0 Å². The number of aryl methyl sites for hydroxylation is 1. The van der Waals surface area contributed by atoms with Crippen molar-refractivity contribution in [2.24, 2.45) is 5.10 Å². The van der Waals surface area contributed by atoms with Crippen molar-refractivity contribution in [1.82, 2.24) is 14.6 Å². The van der Waals surface area contributed by atoms with Crippen LogP contribution >= 0.6 is 11.5 Å². The van der Waals surface area contributed by atoms with Crippen LogP contribution in [0.1, 0.15) is 36.2 Å². The third-order valence-electron chi connectivity index (χ3n) is 3.25. The lowest BCUT2D eigenvalue weighted by atomic mass is 10.1. The maximum atomic E-state index is 12.0. The minimum atomic E-state index is -0.824. The minimum Gasteiger partial charge on any atom is -0.445 e. The van der Waals surface area contributed by atoms with Gasteiger partial charge in [-0.05, 0) is 30.6 Å². The van der Waals surface area contributed by atoms with E-state index in [2.05, 4.69) is 14.7 Å². The summed E-state index contributed by atoms with van der Waals surface area (Å²) in [6.45, 7) is 4.47. The molecule has 3 rings (SSSR count). The first-order valence-electron chi connectivity index (χ1n) is 7.09. The Morgan fingerprint density at radius 2 is 2.04 bits per heavy atom. The number of carbonyl (C=O) groups excluding carboxylic acids is 2. The van der Waals surface area contributed by atoms with Gasteiger partial charge in [0.25, 0.3) is 5.90 Å². The molecule has 0 bridgehead atoms. The van der Waals surface area contributed by atoms with E-state index in [-0.39, 0.29) is 11.8 Å². The maximum Gasteiger partial charge on any atom is 0.308 e. The van der Waals surface area contributed by atoms with E-state index in [9.17, 15) is 9.59 Å². The number of carbonyl (C=O) groups is 2. The number of para-hydroxylation sites is 1. The number of benzene rings is 1. The highest BCUT2D eigenvalue weighted by Crippen LogP contribution is 2.36. The zero-order valence-corrected chi connectivity index (χ0v) is 14.0. The SMILES string of the molecule is CC(=O)Oc1ccccc1[C@H]1OC(c2snnc2C)=NN1C(C)=O. The molecule has 0 saturated carbocycles. The number of ether oxygens (including phenoxy) is 2. The molecule has 0 spiro atoms. The van der Waals surface area contributed by atoms with Crippen LogP contribution in [0.4, 0.5) is 0 Å². The summed E-state index contributed by atoms with van der Waals surface area (Å²) in [6.07, 6.45) is -0.824. The monoisotopic (exact) mass is 346 g/mol. The molecule has 9 heteroatoms. The number of hydrazone groups is 1. The van der Waals surface area contributed by atoms with Gasteiger partial charge in [-0.15, -0.1) is 10.2 Å². The van der Waals surface area contributed by atoms with Gasteiger partial charge in [-0.25, -0.2) is 0 Å². The molecule has 24 heavy (non-hydrogen) atoms. The van der Waals surface area contributed by atoms with Crippen molar-refractivity contribution in [2.75, 3.05) is 0 Å². The third kappa shape index (κ3) is 2.98. The highest BCUT2D eigenvalue weighted by atomic mass is 32.1. The molecule has 0 aliphatic carbocycles. The molecule has 1 aromatic carbocycles. The molecule has 8 nitrogen and oxygen atoms in total. The number of esters is 1. The van der Waals surface area contributed by atoms with Gasteiger partial charge in [-0.1, -0.05) is 16.6 Å². The van der Waals surface area contributed by atoms with Crippen LogP contribution in [-0.2, 0) is 14.3 Å². The van der Waals surface area contributed by atoms with Crippen LogP contribution < -0.4 is 4.74 Å². The molecule has 0 radical (unpaired) electrons. The summed E-state index contributed by atoms with van der Waals surface area (Å²) in [5.74, 6) is -0.182.